The maximum atomic E-state index is 12.0. The SMILES string of the molecule is CCC(C)(NC(=O)c1cccc(OC)c1)C(=O)O. The fraction of sp³-hybridized carbons (Fsp3) is 0.385. The van der Waals surface area contributed by atoms with Crippen molar-refractivity contribution >= 4 is 11.9 Å². The molecule has 0 aromatic heterocycles. The predicted molar refractivity (Wildman–Crippen MR) is 66.8 cm³/mol. The van der Waals surface area contributed by atoms with E-state index in [2.05, 4.69) is 5.32 Å². The van der Waals surface area contributed by atoms with E-state index in [4.69, 9.17) is 9.84 Å². The summed E-state index contributed by atoms with van der Waals surface area (Å²) in [4.78, 5) is 23.1. The van der Waals surface area contributed by atoms with Crippen molar-refractivity contribution in [1.29, 1.82) is 0 Å². The molecule has 1 aromatic rings. The number of carboxylic acids is 1. The highest BCUT2D eigenvalue weighted by Crippen LogP contribution is 2.15. The van der Waals surface area contributed by atoms with Crippen molar-refractivity contribution in [2.45, 2.75) is 25.8 Å². The third-order valence-electron chi connectivity index (χ3n) is 2.90. The highest BCUT2D eigenvalue weighted by atomic mass is 16.5. The second-order valence-electron chi connectivity index (χ2n) is 4.18. The Kier molecular flexibility index (Phi) is 4.31. The van der Waals surface area contributed by atoms with Crippen LogP contribution in [0, 0.1) is 0 Å². The standard InChI is InChI=1S/C13H17NO4/c1-4-13(2,12(16)17)14-11(15)9-6-5-7-10(8-9)18-3/h5-8H,4H2,1-3H3,(H,14,15)(H,16,17). The first-order valence-electron chi connectivity index (χ1n) is 5.63. The normalized spacial score (nSPS) is 13.5. The van der Waals surface area contributed by atoms with Gasteiger partial charge in [0, 0.05) is 5.56 Å². The van der Waals surface area contributed by atoms with Gasteiger partial charge in [-0.25, -0.2) is 4.79 Å². The van der Waals surface area contributed by atoms with Crippen molar-refractivity contribution in [3.05, 3.63) is 29.8 Å². The van der Waals surface area contributed by atoms with Crippen LogP contribution in [0.5, 0.6) is 5.75 Å². The smallest absolute Gasteiger partial charge is 0.329 e. The van der Waals surface area contributed by atoms with Crippen LogP contribution < -0.4 is 10.1 Å². The molecule has 1 unspecified atom stereocenters. The third kappa shape index (κ3) is 3.00. The average Bonchev–Trinajstić information content (AvgIpc) is 2.38. The summed E-state index contributed by atoms with van der Waals surface area (Å²) in [6.07, 6.45) is 0.304. The number of carbonyl (C=O) groups is 2. The van der Waals surface area contributed by atoms with E-state index in [1.54, 1.807) is 31.2 Å². The largest absolute Gasteiger partial charge is 0.497 e. The summed E-state index contributed by atoms with van der Waals surface area (Å²) in [5.41, 5.74) is -0.893. The zero-order valence-electron chi connectivity index (χ0n) is 10.7. The quantitative estimate of drug-likeness (QED) is 0.834. The Labute approximate surface area is 106 Å². The minimum absolute atomic E-state index is 0.304. The molecule has 0 bridgehead atoms. The number of aliphatic carboxylic acids is 1. The van der Waals surface area contributed by atoms with Gasteiger partial charge in [0.1, 0.15) is 11.3 Å². The molecule has 18 heavy (non-hydrogen) atoms. The Morgan fingerprint density at radius 1 is 1.44 bits per heavy atom. The number of ether oxygens (including phenoxy) is 1. The fourth-order valence-electron chi connectivity index (χ4n) is 1.38. The van der Waals surface area contributed by atoms with Gasteiger partial charge < -0.3 is 15.2 Å². The lowest BCUT2D eigenvalue weighted by Crippen LogP contribution is -2.51. The van der Waals surface area contributed by atoms with Crippen LogP contribution in [0.3, 0.4) is 0 Å². The van der Waals surface area contributed by atoms with Gasteiger partial charge in [-0.1, -0.05) is 13.0 Å². The van der Waals surface area contributed by atoms with Gasteiger partial charge in [-0.2, -0.15) is 0 Å². The third-order valence-corrected chi connectivity index (χ3v) is 2.90. The summed E-state index contributed by atoms with van der Waals surface area (Å²) in [5.74, 6) is -0.932. The lowest BCUT2D eigenvalue weighted by atomic mass is 9.98. The van der Waals surface area contributed by atoms with E-state index in [0.717, 1.165) is 0 Å². The minimum Gasteiger partial charge on any atom is -0.497 e. The summed E-state index contributed by atoms with van der Waals surface area (Å²) >= 11 is 0. The lowest BCUT2D eigenvalue weighted by molar-refractivity contribution is -0.143. The molecule has 1 amide bonds. The number of carbonyl (C=O) groups excluding carboxylic acids is 1. The Bertz CT molecular complexity index is 458. The molecular formula is C13H17NO4. The molecule has 0 aliphatic rings. The number of methoxy groups -OCH3 is 1. The van der Waals surface area contributed by atoms with E-state index in [9.17, 15) is 9.59 Å². The summed E-state index contributed by atoms with van der Waals surface area (Å²) < 4.78 is 5.01. The van der Waals surface area contributed by atoms with Crippen molar-refractivity contribution in [3.63, 3.8) is 0 Å². The van der Waals surface area contributed by atoms with Gasteiger partial charge >= 0.3 is 5.97 Å². The maximum absolute atomic E-state index is 12.0. The molecule has 0 fully saturated rings. The van der Waals surface area contributed by atoms with E-state index >= 15 is 0 Å². The van der Waals surface area contributed by atoms with Gasteiger partial charge in [0.05, 0.1) is 7.11 Å². The molecule has 1 atom stereocenters. The Balaban J connectivity index is 2.91. The molecule has 0 radical (unpaired) electrons. The average molecular weight is 251 g/mol. The lowest BCUT2D eigenvalue weighted by Gasteiger charge is -2.24. The highest BCUT2D eigenvalue weighted by Gasteiger charge is 2.33. The Morgan fingerprint density at radius 3 is 2.61 bits per heavy atom. The van der Waals surface area contributed by atoms with Gasteiger partial charge in [-0.15, -0.1) is 0 Å². The van der Waals surface area contributed by atoms with Crippen molar-refractivity contribution in [2.24, 2.45) is 0 Å². The summed E-state index contributed by atoms with van der Waals surface area (Å²) in [5, 5.41) is 11.6. The second-order valence-corrected chi connectivity index (χ2v) is 4.18. The molecular weight excluding hydrogens is 234 g/mol. The zero-order chi connectivity index (χ0) is 13.8. The molecule has 1 rings (SSSR count). The first-order valence-corrected chi connectivity index (χ1v) is 5.63. The van der Waals surface area contributed by atoms with E-state index < -0.39 is 17.4 Å². The maximum Gasteiger partial charge on any atom is 0.329 e. The number of amides is 1. The second kappa shape index (κ2) is 5.53. The fourth-order valence-corrected chi connectivity index (χ4v) is 1.38. The molecule has 98 valence electrons. The predicted octanol–water partition coefficient (Wildman–Crippen LogP) is 1.68. The number of rotatable bonds is 5. The number of benzene rings is 1. The highest BCUT2D eigenvalue weighted by molar-refractivity contribution is 5.98. The Hall–Kier alpha value is -2.04. The monoisotopic (exact) mass is 251 g/mol. The van der Waals surface area contributed by atoms with Crippen LogP contribution in [-0.2, 0) is 4.79 Å². The van der Waals surface area contributed by atoms with Crippen LogP contribution in [0.15, 0.2) is 24.3 Å². The van der Waals surface area contributed by atoms with Crippen molar-refractivity contribution in [1.82, 2.24) is 5.32 Å². The number of nitrogens with one attached hydrogen (secondary N) is 1. The van der Waals surface area contributed by atoms with Gasteiger partial charge in [0.25, 0.3) is 5.91 Å². The van der Waals surface area contributed by atoms with Crippen LogP contribution in [0.1, 0.15) is 30.6 Å². The van der Waals surface area contributed by atoms with Crippen LogP contribution >= 0.6 is 0 Å². The molecule has 0 spiro atoms. The molecule has 2 N–H and O–H groups in total. The van der Waals surface area contributed by atoms with Crippen molar-refractivity contribution in [3.8, 4) is 5.75 Å². The minimum atomic E-state index is -1.26. The molecule has 0 saturated heterocycles. The molecule has 0 aliphatic carbocycles. The molecule has 0 saturated carbocycles. The summed E-state index contributed by atoms with van der Waals surface area (Å²) in [6.45, 7) is 3.19. The van der Waals surface area contributed by atoms with Gasteiger partial charge in [-0.05, 0) is 31.5 Å². The van der Waals surface area contributed by atoms with Crippen LogP contribution in [0.4, 0.5) is 0 Å². The van der Waals surface area contributed by atoms with E-state index in [-0.39, 0.29) is 0 Å². The topological polar surface area (TPSA) is 75.6 Å². The van der Waals surface area contributed by atoms with Crippen LogP contribution in [-0.4, -0.2) is 29.6 Å². The molecule has 5 nitrogen and oxygen atoms in total. The van der Waals surface area contributed by atoms with Gasteiger partial charge in [-0.3, -0.25) is 4.79 Å². The zero-order valence-corrected chi connectivity index (χ0v) is 10.7. The van der Waals surface area contributed by atoms with Crippen molar-refractivity contribution in [2.75, 3.05) is 7.11 Å². The number of hydrogen-bond acceptors (Lipinski definition) is 3. The van der Waals surface area contributed by atoms with Crippen molar-refractivity contribution < 1.29 is 19.4 Å². The van der Waals surface area contributed by atoms with E-state index in [0.29, 0.717) is 17.7 Å². The van der Waals surface area contributed by atoms with Crippen LogP contribution in [0.25, 0.3) is 0 Å². The molecule has 1 aromatic carbocycles. The van der Waals surface area contributed by atoms with E-state index in [1.165, 1.54) is 14.0 Å². The molecule has 0 aliphatic heterocycles. The number of carboxylic acid groups (broad SMARTS) is 1. The summed E-state index contributed by atoms with van der Waals surface area (Å²) in [6, 6.07) is 6.56. The van der Waals surface area contributed by atoms with Gasteiger partial charge in [0.15, 0.2) is 0 Å². The first kappa shape index (κ1) is 14.0. The number of hydrogen-bond donors (Lipinski definition) is 2. The molecule has 0 heterocycles. The first-order chi connectivity index (χ1) is 8.42. The van der Waals surface area contributed by atoms with Gasteiger partial charge in [0.2, 0.25) is 0 Å². The Morgan fingerprint density at radius 2 is 2.11 bits per heavy atom. The molecule has 5 heteroatoms. The van der Waals surface area contributed by atoms with Crippen LogP contribution in [0.2, 0.25) is 0 Å². The summed E-state index contributed by atoms with van der Waals surface area (Å²) in [7, 11) is 1.50. The van der Waals surface area contributed by atoms with E-state index in [1.807, 2.05) is 0 Å².